The van der Waals surface area contributed by atoms with Crippen LogP contribution in [0.1, 0.15) is 34.8 Å². The number of rotatable bonds is 3. The van der Waals surface area contributed by atoms with E-state index < -0.39 is 5.97 Å². The van der Waals surface area contributed by atoms with E-state index >= 15 is 0 Å². The first kappa shape index (κ1) is 11.9. The molecule has 5 heteroatoms. The van der Waals surface area contributed by atoms with Crippen molar-refractivity contribution in [3.8, 4) is 0 Å². The standard InChI is InChI=1S/C12H16N2O3/c1-16-8-5-7(6-8)9-3-4-14-11(10(9)13)12(15)17-2/h3-4,7-8H,5-6,13H2,1-2H3. The Hall–Kier alpha value is -1.62. The smallest absolute Gasteiger partial charge is 0.358 e. The Bertz CT molecular complexity index is 428. The van der Waals surface area contributed by atoms with Gasteiger partial charge in [0, 0.05) is 13.3 Å². The molecule has 1 saturated carbocycles. The van der Waals surface area contributed by atoms with E-state index in [9.17, 15) is 4.79 Å². The fourth-order valence-corrected chi connectivity index (χ4v) is 2.12. The molecule has 1 aliphatic rings. The second-order valence-corrected chi connectivity index (χ2v) is 4.18. The molecule has 0 unspecified atom stereocenters. The lowest BCUT2D eigenvalue weighted by atomic mass is 9.77. The largest absolute Gasteiger partial charge is 0.464 e. The van der Waals surface area contributed by atoms with Gasteiger partial charge in [0.25, 0.3) is 0 Å². The average Bonchev–Trinajstić information content (AvgIpc) is 2.29. The van der Waals surface area contributed by atoms with Crippen molar-refractivity contribution in [2.24, 2.45) is 0 Å². The summed E-state index contributed by atoms with van der Waals surface area (Å²) < 4.78 is 9.87. The molecule has 0 atom stereocenters. The van der Waals surface area contributed by atoms with Crippen LogP contribution in [0.25, 0.3) is 0 Å². The number of methoxy groups -OCH3 is 2. The minimum Gasteiger partial charge on any atom is -0.464 e. The molecule has 1 fully saturated rings. The zero-order chi connectivity index (χ0) is 12.4. The van der Waals surface area contributed by atoms with Crippen LogP contribution in [0.2, 0.25) is 0 Å². The lowest BCUT2D eigenvalue weighted by Gasteiger charge is -2.35. The molecule has 0 spiro atoms. The van der Waals surface area contributed by atoms with Gasteiger partial charge in [0.15, 0.2) is 5.69 Å². The summed E-state index contributed by atoms with van der Waals surface area (Å²) in [5, 5.41) is 0. The van der Waals surface area contributed by atoms with Crippen molar-refractivity contribution >= 4 is 11.7 Å². The lowest BCUT2D eigenvalue weighted by Crippen LogP contribution is -2.29. The van der Waals surface area contributed by atoms with Crippen molar-refractivity contribution in [1.82, 2.24) is 4.98 Å². The molecule has 0 saturated heterocycles. The molecule has 0 bridgehead atoms. The van der Waals surface area contributed by atoms with Crippen LogP contribution in [-0.4, -0.2) is 31.3 Å². The number of esters is 1. The number of anilines is 1. The summed E-state index contributed by atoms with van der Waals surface area (Å²) in [5.41, 5.74) is 7.55. The zero-order valence-electron chi connectivity index (χ0n) is 9.97. The summed E-state index contributed by atoms with van der Waals surface area (Å²) in [6, 6.07) is 1.86. The van der Waals surface area contributed by atoms with Crippen molar-refractivity contribution in [2.45, 2.75) is 24.9 Å². The molecule has 1 aromatic heterocycles. The molecule has 1 heterocycles. The molecule has 1 aliphatic carbocycles. The minimum atomic E-state index is -0.494. The molecule has 92 valence electrons. The van der Waals surface area contributed by atoms with Crippen LogP contribution in [-0.2, 0) is 9.47 Å². The molecular formula is C12H16N2O3. The van der Waals surface area contributed by atoms with Crippen LogP contribution < -0.4 is 5.73 Å². The van der Waals surface area contributed by atoms with E-state index in [2.05, 4.69) is 9.72 Å². The topological polar surface area (TPSA) is 74.4 Å². The van der Waals surface area contributed by atoms with Crippen molar-refractivity contribution in [1.29, 1.82) is 0 Å². The first-order valence-corrected chi connectivity index (χ1v) is 5.52. The Balaban J connectivity index is 2.22. The second-order valence-electron chi connectivity index (χ2n) is 4.18. The van der Waals surface area contributed by atoms with Gasteiger partial charge in [-0.2, -0.15) is 0 Å². The number of carbonyl (C=O) groups is 1. The summed E-state index contributed by atoms with van der Waals surface area (Å²) in [6.45, 7) is 0. The number of hydrogen-bond acceptors (Lipinski definition) is 5. The highest BCUT2D eigenvalue weighted by Crippen LogP contribution is 2.41. The molecule has 2 rings (SSSR count). The number of nitrogens with two attached hydrogens (primary N) is 1. The number of carbonyl (C=O) groups excluding carboxylic acids is 1. The quantitative estimate of drug-likeness (QED) is 0.802. The Kier molecular flexibility index (Phi) is 3.28. The average molecular weight is 236 g/mol. The normalized spacial score (nSPS) is 22.9. The Morgan fingerprint density at radius 3 is 2.76 bits per heavy atom. The van der Waals surface area contributed by atoms with Crippen LogP contribution in [0, 0.1) is 0 Å². The van der Waals surface area contributed by atoms with E-state index in [1.54, 1.807) is 13.3 Å². The summed E-state index contributed by atoms with van der Waals surface area (Å²) in [6.07, 6.45) is 3.77. The highest BCUT2D eigenvalue weighted by molar-refractivity contribution is 5.93. The molecule has 17 heavy (non-hydrogen) atoms. The van der Waals surface area contributed by atoms with Gasteiger partial charge >= 0.3 is 5.97 Å². The zero-order valence-corrected chi connectivity index (χ0v) is 9.97. The van der Waals surface area contributed by atoms with E-state index in [1.165, 1.54) is 7.11 Å². The van der Waals surface area contributed by atoms with Gasteiger partial charge in [0.1, 0.15) is 0 Å². The first-order chi connectivity index (χ1) is 8.17. The Morgan fingerprint density at radius 1 is 1.47 bits per heavy atom. The van der Waals surface area contributed by atoms with Crippen LogP contribution in [0.15, 0.2) is 12.3 Å². The molecule has 0 aromatic carbocycles. The molecule has 5 nitrogen and oxygen atoms in total. The number of pyridine rings is 1. The molecular weight excluding hydrogens is 220 g/mol. The van der Waals surface area contributed by atoms with Gasteiger partial charge in [-0.25, -0.2) is 9.78 Å². The lowest BCUT2D eigenvalue weighted by molar-refractivity contribution is 0.0259. The molecule has 2 N–H and O–H groups in total. The predicted octanol–water partition coefficient (Wildman–Crippen LogP) is 1.34. The Labute approximate surface area is 99.9 Å². The first-order valence-electron chi connectivity index (χ1n) is 5.52. The third-order valence-corrected chi connectivity index (χ3v) is 3.27. The number of nitrogens with zero attached hydrogens (tertiary/aromatic N) is 1. The highest BCUT2D eigenvalue weighted by atomic mass is 16.5. The van der Waals surface area contributed by atoms with Crippen molar-refractivity contribution in [2.75, 3.05) is 20.0 Å². The van der Waals surface area contributed by atoms with Crippen LogP contribution in [0.4, 0.5) is 5.69 Å². The van der Waals surface area contributed by atoms with Gasteiger partial charge in [-0.15, -0.1) is 0 Å². The van der Waals surface area contributed by atoms with Crippen LogP contribution >= 0.6 is 0 Å². The predicted molar refractivity (Wildman–Crippen MR) is 62.8 cm³/mol. The number of ether oxygens (including phenoxy) is 2. The minimum absolute atomic E-state index is 0.200. The van der Waals surface area contributed by atoms with E-state index in [0.29, 0.717) is 17.7 Å². The van der Waals surface area contributed by atoms with Gasteiger partial charge in [0.05, 0.1) is 18.9 Å². The summed E-state index contributed by atoms with van der Waals surface area (Å²) in [5.74, 6) is -0.140. The molecule has 1 aromatic rings. The second kappa shape index (κ2) is 4.71. The Morgan fingerprint density at radius 2 is 2.18 bits per heavy atom. The van der Waals surface area contributed by atoms with E-state index in [-0.39, 0.29) is 5.69 Å². The third kappa shape index (κ3) is 2.10. The maximum atomic E-state index is 11.4. The SMILES string of the molecule is COC(=O)c1nccc(C2CC(OC)C2)c1N. The molecule has 0 radical (unpaired) electrons. The number of aromatic nitrogens is 1. The van der Waals surface area contributed by atoms with Gasteiger partial charge in [0.2, 0.25) is 0 Å². The monoisotopic (exact) mass is 236 g/mol. The van der Waals surface area contributed by atoms with E-state index in [1.807, 2.05) is 6.07 Å². The third-order valence-electron chi connectivity index (χ3n) is 3.27. The van der Waals surface area contributed by atoms with Gasteiger partial charge < -0.3 is 15.2 Å². The van der Waals surface area contributed by atoms with Gasteiger partial charge in [-0.3, -0.25) is 0 Å². The number of hydrogen-bond donors (Lipinski definition) is 1. The van der Waals surface area contributed by atoms with E-state index in [4.69, 9.17) is 10.5 Å². The van der Waals surface area contributed by atoms with Crippen molar-refractivity contribution in [3.05, 3.63) is 23.5 Å². The highest BCUT2D eigenvalue weighted by Gasteiger charge is 2.32. The molecule has 0 amide bonds. The van der Waals surface area contributed by atoms with Crippen LogP contribution in [0.5, 0.6) is 0 Å². The van der Waals surface area contributed by atoms with Crippen molar-refractivity contribution in [3.63, 3.8) is 0 Å². The summed E-state index contributed by atoms with van der Waals surface area (Å²) >= 11 is 0. The maximum absolute atomic E-state index is 11.4. The number of nitrogen functional groups attached to an aromatic ring is 1. The fraction of sp³-hybridized carbons (Fsp3) is 0.500. The molecule has 0 aliphatic heterocycles. The summed E-state index contributed by atoms with van der Waals surface area (Å²) in [4.78, 5) is 15.4. The van der Waals surface area contributed by atoms with Crippen LogP contribution in [0.3, 0.4) is 0 Å². The van der Waals surface area contributed by atoms with Gasteiger partial charge in [-0.05, 0) is 30.4 Å². The maximum Gasteiger partial charge on any atom is 0.358 e. The van der Waals surface area contributed by atoms with E-state index in [0.717, 1.165) is 18.4 Å². The van der Waals surface area contributed by atoms with Gasteiger partial charge in [-0.1, -0.05) is 0 Å². The van der Waals surface area contributed by atoms with Crippen molar-refractivity contribution < 1.29 is 14.3 Å². The summed E-state index contributed by atoms with van der Waals surface area (Å²) in [7, 11) is 3.02. The fourth-order valence-electron chi connectivity index (χ4n) is 2.12.